The minimum atomic E-state index is 0.421. The van der Waals surface area contributed by atoms with Gasteiger partial charge in [-0.25, -0.2) is 0 Å². The predicted octanol–water partition coefficient (Wildman–Crippen LogP) is 3.68. The molecule has 0 aliphatic carbocycles. The van der Waals surface area contributed by atoms with Crippen molar-refractivity contribution in [2.24, 2.45) is 0 Å². The van der Waals surface area contributed by atoms with Gasteiger partial charge >= 0.3 is 0 Å². The highest BCUT2D eigenvalue weighted by Crippen LogP contribution is 2.16. The summed E-state index contributed by atoms with van der Waals surface area (Å²) in [5, 5.41) is 3.61. The topological polar surface area (TPSA) is 15.3 Å². The molecule has 2 heteroatoms. The van der Waals surface area contributed by atoms with Crippen molar-refractivity contribution in [1.82, 2.24) is 10.2 Å². The van der Waals surface area contributed by atoms with Crippen LogP contribution in [0.4, 0.5) is 0 Å². The molecule has 0 bridgehead atoms. The summed E-state index contributed by atoms with van der Waals surface area (Å²) >= 11 is 0. The SMILES string of the molecule is CCC(C)N(C)CCNC(C)c1ccc(C)c(C)c1. The lowest BCUT2D eigenvalue weighted by atomic mass is 10.0. The van der Waals surface area contributed by atoms with Gasteiger partial charge in [-0.1, -0.05) is 25.1 Å². The average molecular weight is 262 g/mol. The third-order valence-electron chi connectivity index (χ3n) is 4.29. The van der Waals surface area contributed by atoms with Gasteiger partial charge in [0.25, 0.3) is 0 Å². The highest BCUT2D eigenvalue weighted by molar-refractivity contribution is 5.31. The van der Waals surface area contributed by atoms with E-state index in [9.17, 15) is 0 Å². The van der Waals surface area contributed by atoms with Gasteiger partial charge in [-0.05, 0) is 57.9 Å². The molecule has 0 heterocycles. The molecule has 108 valence electrons. The molecule has 19 heavy (non-hydrogen) atoms. The largest absolute Gasteiger partial charge is 0.309 e. The monoisotopic (exact) mass is 262 g/mol. The molecule has 0 aliphatic rings. The van der Waals surface area contributed by atoms with E-state index < -0.39 is 0 Å². The van der Waals surface area contributed by atoms with E-state index in [1.165, 1.54) is 23.1 Å². The molecule has 0 amide bonds. The van der Waals surface area contributed by atoms with Gasteiger partial charge in [-0.15, -0.1) is 0 Å². The van der Waals surface area contributed by atoms with Crippen molar-refractivity contribution >= 4 is 0 Å². The maximum absolute atomic E-state index is 3.61. The molecule has 0 aliphatic heterocycles. The number of nitrogens with zero attached hydrogens (tertiary/aromatic N) is 1. The van der Waals surface area contributed by atoms with E-state index in [-0.39, 0.29) is 0 Å². The Balaban J connectivity index is 2.43. The van der Waals surface area contributed by atoms with Crippen LogP contribution in [0.3, 0.4) is 0 Å². The fourth-order valence-corrected chi connectivity index (χ4v) is 2.14. The first kappa shape index (κ1) is 16.2. The van der Waals surface area contributed by atoms with Crippen molar-refractivity contribution in [3.8, 4) is 0 Å². The molecule has 1 rings (SSSR count). The third-order valence-corrected chi connectivity index (χ3v) is 4.29. The van der Waals surface area contributed by atoms with Crippen molar-refractivity contribution < 1.29 is 0 Å². The lowest BCUT2D eigenvalue weighted by Crippen LogP contribution is -2.35. The summed E-state index contributed by atoms with van der Waals surface area (Å²) in [4.78, 5) is 2.42. The Bertz CT molecular complexity index is 387. The number of rotatable bonds is 7. The summed E-state index contributed by atoms with van der Waals surface area (Å²) in [6.07, 6.45) is 1.21. The molecule has 2 unspecified atom stereocenters. The van der Waals surface area contributed by atoms with Crippen molar-refractivity contribution in [3.05, 3.63) is 34.9 Å². The zero-order chi connectivity index (χ0) is 14.4. The molecule has 0 radical (unpaired) electrons. The number of likely N-dealkylation sites (N-methyl/N-ethyl adjacent to an activating group) is 1. The van der Waals surface area contributed by atoms with Crippen LogP contribution in [0.15, 0.2) is 18.2 Å². The van der Waals surface area contributed by atoms with Crippen molar-refractivity contribution in [2.45, 2.75) is 53.1 Å². The summed E-state index contributed by atoms with van der Waals surface area (Å²) in [6.45, 7) is 13.3. The maximum Gasteiger partial charge on any atom is 0.0292 e. The third kappa shape index (κ3) is 4.96. The van der Waals surface area contributed by atoms with Crippen LogP contribution in [0.25, 0.3) is 0 Å². The molecule has 2 nitrogen and oxygen atoms in total. The van der Waals surface area contributed by atoms with Gasteiger partial charge in [0.2, 0.25) is 0 Å². The van der Waals surface area contributed by atoms with Crippen LogP contribution >= 0.6 is 0 Å². The normalized spacial score (nSPS) is 14.7. The van der Waals surface area contributed by atoms with E-state index in [0.717, 1.165) is 13.1 Å². The van der Waals surface area contributed by atoms with E-state index in [2.05, 4.69) is 70.1 Å². The molecule has 0 aromatic heterocycles. The molecule has 0 fully saturated rings. The number of benzene rings is 1. The number of hydrogen-bond donors (Lipinski definition) is 1. The average Bonchev–Trinajstić information content (AvgIpc) is 2.40. The molecule has 2 atom stereocenters. The quantitative estimate of drug-likeness (QED) is 0.806. The summed E-state index contributed by atoms with van der Waals surface area (Å²) in [7, 11) is 2.20. The first-order chi connectivity index (χ1) is 8.95. The molecule has 0 saturated carbocycles. The van der Waals surface area contributed by atoms with Crippen LogP contribution in [0, 0.1) is 13.8 Å². The Morgan fingerprint density at radius 1 is 1.16 bits per heavy atom. The molecule has 1 aromatic rings. The summed E-state index contributed by atoms with van der Waals surface area (Å²) in [5.74, 6) is 0. The van der Waals surface area contributed by atoms with E-state index in [1.807, 2.05) is 0 Å². The Kier molecular flexibility index (Phi) is 6.53. The summed E-state index contributed by atoms with van der Waals surface area (Å²) < 4.78 is 0. The molecule has 0 saturated heterocycles. The first-order valence-corrected chi connectivity index (χ1v) is 7.46. The van der Waals surface area contributed by atoms with Gasteiger partial charge < -0.3 is 10.2 Å². The molecule has 1 aromatic carbocycles. The Hall–Kier alpha value is -0.860. The van der Waals surface area contributed by atoms with Gasteiger partial charge in [0.1, 0.15) is 0 Å². The van der Waals surface area contributed by atoms with Crippen LogP contribution in [0.1, 0.15) is 49.9 Å². The lowest BCUT2D eigenvalue weighted by molar-refractivity contribution is 0.249. The van der Waals surface area contributed by atoms with Crippen molar-refractivity contribution in [2.75, 3.05) is 20.1 Å². The zero-order valence-corrected chi connectivity index (χ0v) is 13.5. The smallest absolute Gasteiger partial charge is 0.0292 e. The highest BCUT2D eigenvalue weighted by atomic mass is 15.1. The summed E-state index contributed by atoms with van der Waals surface area (Å²) in [6, 6.07) is 7.83. The van der Waals surface area contributed by atoms with Crippen molar-refractivity contribution in [1.29, 1.82) is 0 Å². The standard InChI is InChI=1S/C17H30N2/c1-7-15(4)19(6)11-10-18-16(5)17-9-8-13(2)14(3)12-17/h8-9,12,15-16,18H,7,10-11H2,1-6H3. The van der Waals surface area contributed by atoms with E-state index in [1.54, 1.807) is 0 Å². The Morgan fingerprint density at radius 3 is 2.42 bits per heavy atom. The minimum absolute atomic E-state index is 0.421. The second-order valence-electron chi connectivity index (χ2n) is 5.76. The van der Waals surface area contributed by atoms with Crippen LogP contribution in [0.5, 0.6) is 0 Å². The Morgan fingerprint density at radius 2 is 1.84 bits per heavy atom. The maximum atomic E-state index is 3.61. The van der Waals surface area contributed by atoms with Crippen LogP contribution in [-0.2, 0) is 0 Å². The van der Waals surface area contributed by atoms with Crippen LogP contribution in [-0.4, -0.2) is 31.1 Å². The summed E-state index contributed by atoms with van der Waals surface area (Å²) in [5.41, 5.74) is 4.13. The second-order valence-corrected chi connectivity index (χ2v) is 5.76. The molecular formula is C17H30N2. The van der Waals surface area contributed by atoms with E-state index >= 15 is 0 Å². The second kappa shape index (κ2) is 7.66. The van der Waals surface area contributed by atoms with Crippen LogP contribution in [0.2, 0.25) is 0 Å². The highest BCUT2D eigenvalue weighted by Gasteiger charge is 2.08. The number of nitrogens with one attached hydrogen (secondary N) is 1. The fourth-order valence-electron chi connectivity index (χ4n) is 2.14. The van der Waals surface area contributed by atoms with E-state index in [0.29, 0.717) is 12.1 Å². The van der Waals surface area contributed by atoms with Gasteiger partial charge in [-0.2, -0.15) is 0 Å². The van der Waals surface area contributed by atoms with Gasteiger partial charge in [0, 0.05) is 25.2 Å². The van der Waals surface area contributed by atoms with Crippen LogP contribution < -0.4 is 5.32 Å². The van der Waals surface area contributed by atoms with Gasteiger partial charge in [0.15, 0.2) is 0 Å². The predicted molar refractivity (Wildman–Crippen MR) is 84.7 cm³/mol. The lowest BCUT2D eigenvalue weighted by Gasteiger charge is -2.24. The van der Waals surface area contributed by atoms with Crippen molar-refractivity contribution in [3.63, 3.8) is 0 Å². The number of aryl methyl sites for hydroxylation is 2. The molecule has 1 N–H and O–H groups in total. The first-order valence-electron chi connectivity index (χ1n) is 7.46. The van der Waals surface area contributed by atoms with Gasteiger partial charge in [-0.3, -0.25) is 0 Å². The van der Waals surface area contributed by atoms with Gasteiger partial charge in [0.05, 0.1) is 0 Å². The Labute approximate surface area is 119 Å². The van der Waals surface area contributed by atoms with E-state index in [4.69, 9.17) is 0 Å². The number of hydrogen-bond acceptors (Lipinski definition) is 2. The zero-order valence-electron chi connectivity index (χ0n) is 13.5. The minimum Gasteiger partial charge on any atom is -0.309 e. The fraction of sp³-hybridized carbons (Fsp3) is 0.647. The molecular weight excluding hydrogens is 232 g/mol. The molecule has 0 spiro atoms.